The van der Waals surface area contributed by atoms with Gasteiger partial charge in [0, 0.05) is 5.92 Å². The van der Waals surface area contributed by atoms with E-state index in [2.05, 4.69) is 86.6 Å². The van der Waals surface area contributed by atoms with Gasteiger partial charge in [-0.3, -0.25) is 0 Å². The van der Waals surface area contributed by atoms with E-state index < -0.39 is 0 Å². The standard InChI is InChI=1S/C19H25N/c1-16(14-15-20(2)3)19(17-10-6-4-7-11-17)18-12-8-5-9-13-18/h4-13,16,19H,14-15H2,1-3H3. The van der Waals surface area contributed by atoms with Crippen molar-refractivity contribution in [2.45, 2.75) is 19.3 Å². The van der Waals surface area contributed by atoms with Crippen LogP contribution in [0.1, 0.15) is 30.4 Å². The van der Waals surface area contributed by atoms with Crippen molar-refractivity contribution in [3.05, 3.63) is 71.8 Å². The summed E-state index contributed by atoms with van der Waals surface area (Å²) in [7, 11) is 4.29. The minimum atomic E-state index is 0.484. The molecule has 2 rings (SSSR count). The molecule has 0 radical (unpaired) electrons. The van der Waals surface area contributed by atoms with Gasteiger partial charge in [0.1, 0.15) is 0 Å². The van der Waals surface area contributed by atoms with Crippen LogP contribution in [0.25, 0.3) is 0 Å². The Kier molecular flexibility index (Phi) is 5.37. The predicted octanol–water partition coefficient (Wildman–Crippen LogP) is 4.41. The molecule has 20 heavy (non-hydrogen) atoms. The Labute approximate surface area is 123 Å². The van der Waals surface area contributed by atoms with Crippen LogP contribution >= 0.6 is 0 Å². The summed E-state index contributed by atoms with van der Waals surface area (Å²) in [4.78, 5) is 2.27. The zero-order valence-electron chi connectivity index (χ0n) is 12.8. The lowest BCUT2D eigenvalue weighted by atomic mass is 9.80. The molecule has 0 aromatic heterocycles. The normalized spacial score (nSPS) is 12.8. The number of rotatable bonds is 6. The molecule has 0 aliphatic heterocycles. The topological polar surface area (TPSA) is 3.24 Å². The van der Waals surface area contributed by atoms with E-state index in [4.69, 9.17) is 0 Å². The molecule has 0 bridgehead atoms. The molecule has 2 aromatic carbocycles. The lowest BCUT2D eigenvalue weighted by Crippen LogP contribution is -2.19. The average Bonchev–Trinajstić information content (AvgIpc) is 2.48. The van der Waals surface area contributed by atoms with Gasteiger partial charge in [-0.1, -0.05) is 67.6 Å². The van der Waals surface area contributed by atoms with Crippen LogP contribution in [0.5, 0.6) is 0 Å². The van der Waals surface area contributed by atoms with Crippen LogP contribution in [0.3, 0.4) is 0 Å². The largest absolute Gasteiger partial charge is 0.309 e. The van der Waals surface area contributed by atoms with Gasteiger partial charge in [0.05, 0.1) is 0 Å². The Balaban J connectivity index is 2.25. The summed E-state index contributed by atoms with van der Waals surface area (Å²) in [6.45, 7) is 3.51. The maximum absolute atomic E-state index is 2.37. The number of hydrogen-bond acceptors (Lipinski definition) is 1. The first-order valence-electron chi connectivity index (χ1n) is 7.43. The molecule has 0 spiro atoms. The molecule has 0 aliphatic rings. The second kappa shape index (κ2) is 7.25. The highest BCUT2D eigenvalue weighted by Gasteiger charge is 2.20. The molecule has 1 heteroatoms. The van der Waals surface area contributed by atoms with Crippen LogP contribution in [-0.2, 0) is 0 Å². The summed E-state index contributed by atoms with van der Waals surface area (Å²) in [6.07, 6.45) is 1.21. The fourth-order valence-electron chi connectivity index (χ4n) is 2.80. The molecule has 0 aliphatic carbocycles. The van der Waals surface area contributed by atoms with E-state index in [1.54, 1.807) is 0 Å². The molecule has 0 saturated heterocycles. The summed E-state index contributed by atoms with van der Waals surface area (Å²) in [6, 6.07) is 21.8. The van der Waals surface area contributed by atoms with E-state index in [1.807, 2.05) is 0 Å². The molecule has 2 aromatic rings. The van der Waals surface area contributed by atoms with Crippen LogP contribution in [0.2, 0.25) is 0 Å². The van der Waals surface area contributed by atoms with Crippen molar-refractivity contribution in [3.8, 4) is 0 Å². The van der Waals surface area contributed by atoms with Crippen molar-refractivity contribution >= 4 is 0 Å². The molecule has 0 amide bonds. The molecule has 0 saturated carbocycles. The molecule has 106 valence electrons. The van der Waals surface area contributed by atoms with Crippen LogP contribution < -0.4 is 0 Å². The van der Waals surface area contributed by atoms with Crippen LogP contribution in [0, 0.1) is 5.92 Å². The first-order chi connectivity index (χ1) is 9.68. The van der Waals surface area contributed by atoms with E-state index in [0.717, 1.165) is 6.54 Å². The molecule has 0 N–H and O–H groups in total. The second-order valence-corrected chi connectivity index (χ2v) is 5.87. The van der Waals surface area contributed by atoms with Gasteiger partial charge in [-0.25, -0.2) is 0 Å². The van der Waals surface area contributed by atoms with Crippen molar-refractivity contribution < 1.29 is 0 Å². The Bertz CT molecular complexity index is 450. The molecule has 0 heterocycles. The third kappa shape index (κ3) is 3.94. The van der Waals surface area contributed by atoms with Gasteiger partial charge >= 0.3 is 0 Å². The monoisotopic (exact) mass is 267 g/mol. The SMILES string of the molecule is CC(CCN(C)C)C(c1ccccc1)c1ccccc1. The first kappa shape index (κ1) is 14.8. The molecule has 1 unspecified atom stereocenters. The van der Waals surface area contributed by atoms with E-state index in [0.29, 0.717) is 11.8 Å². The molecule has 1 nitrogen and oxygen atoms in total. The van der Waals surface area contributed by atoms with Crippen LogP contribution in [-0.4, -0.2) is 25.5 Å². The lowest BCUT2D eigenvalue weighted by molar-refractivity contribution is 0.346. The smallest absolute Gasteiger partial charge is 0.0115 e. The van der Waals surface area contributed by atoms with E-state index in [9.17, 15) is 0 Å². The van der Waals surface area contributed by atoms with Gasteiger partial charge in [-0.2, -0.15) is 0 Å². The highest BCUT2D eigenvalue weighted by molar-refractivity contribution is 5.33. The molecule has 1 atom stereocenters. The maximum Gasteiger partial charge on any atom is 0.0115 e. The third-order valence-corrected chi connectivity index (χ3v) is 3.92. The fourth-order valence-corrected chi connectivity index (χ4v) is 2.80. The zero-order chi connectivity index (χ0) is 14.4. The Hall–Kier alpha value is -1.60. The van der Waals surface area contributed by atoms with E-state index in [-0.39, 0.29) is 0 Å². The molecular formula is C19H25N. The van der Waals surface area contributed by atoms with Crippen molar-refractivity contribution in [3.63, 3.8) is 0 Å². The number of nitrogens with zero attached hydrogens (tertiary/aromatic N) is 1. The highest BCUT2D eigenvalue weighted by Crippen LogP contribution is 2.33. The molecule has 0 fully saturated rings. The zero-order valence-corrected chi connectivity index (χ0v) is 12.8. The summed E-state index contributed by atoms with van der Waals surface area (Å²) in [5.74, 6) is 1.11. The Morgan fingerprint density at radius 1 is 0.800 bits per heavy atom. The first-order valence-corrected chi connectivity index (χ1v) is 7.43. The predicted molar refractivity (Wildman–Crippen MR) is 87.1 cm³/mol. The van der Waals surface area contributed by atoms with Crippen molar-refractivity contribution in [1.29, 1.82) is 0 Å². The van der Waals surface area contributed by atoms with Gasteiger partial charge in [-0.15, -0.1) is 0 Å². The summed E-state index contributed by atoms with van der Waals surface area (Å²) >= 11 is 0. The van der Waals surface area contributed by atoms with Gasteiger partial charge in [-0.05, 0) is 44.1 Å². The third-order valence-electron chi connectivity index (χ3n) is 3.92. The Morgan fingerprint density at radius 2 is 1.25 bits per heavy atom. The minimum absolute atomic E-state index is 0.484. The fraction of sp³-hybridized carbons (Fsp3) is 0.368. The van der Waals surface area contributed by atoms with Crippen molar-refractivity contribution in [1.82, 2.24) is 4.90 Å². The summed E-state index contributed by atoms with van der Waals surface area (Å²) in [5.41, 5.74) is 2.84. The van der Waals surface area contributed by atoms with Gasteiger partial charge in [0.15, 0.2) is 0 Å². The number of benzene rings is 2. The summed E-state index contributed by atoms with van der Waals surface area (Å²) in [5, 5.41) is 0. The maximum atomic E-state index is 2.37. The number of hydrogen-bond donors (Lipinski definition) is 0. The van der Waals surface area contributed by atoms with E-state index in [1.165, 1.54) is 17.5 Å². The Morgan fingerprint density at radius 3 is 1.65 bits per heavy atom. The molecular weight excluding hydrogens is 242 g/mol. The quantitative estimate of drug-likeness (QED) is 0.749. The minimum Gasteiger partial charge on any atom is -0.309 e. The highest BCUT2D eigenvalue weighted by atomic mass is 15.0. The van der Waals surface area contributed by atoms with Crippen molar-refractivity contribution in [2.24, 2.45) is 5.92 Å². The van der Waals surface area contributed by atoms with Gasteiger partial charge in [0.2, 0.25) is 0 Å². The van der Waals surface area contributed by atoms with Gasteiger partial charge < -0.3 is 4.90 Å². The summed E-state index contributed by atoms with van der Waals surface area (Å²) < 4.78 is 0. The van der Waals surface area contributed by atoms with E-state index >= 15 is 0 Å². The van der Waals surface area contributed by atoms with Gasteiger partial charge in [0.25, 0.3) is 0 Å². The van der Waals surface area contributed by atoms with Crippen molar-refractivity contribution in [2.75, 3.05) is 20.6 Å². The lowest BCUT2D eigenvalue weighted by Gasteiger charge is -2.26. The second-order valence-electron chi connectivity index (χ2n) is 5.87. The van der Waals surface area contributed by atoms with Crippen LogP contribution in [0.4, 0.5) is 0 Å². The van der Waals surface area contributed by atoms with Crippen LogP contribution in [0.15, 0.2) is 60.7 Å². The average molecular weight is 267 g/mol.